The molecule has 4 nitrogen and oxygen atoms in total. The maximum Gasteiger partial charge on any atom is 0.206 e. The molecule has 0 unspecified atom stereocenters. The van der Waals surface area contributed by atoms with Gasteiger partial charge >= 0.3 is 0 Å². The Morgan fingerprint density at radius 3 is 2.93 bits per heavy atom. The third-order valence-electron chi connectivity index (χ3n) is 1.72. The lowest BCUT2D eigenvalue weighted by Gasteiger charge is -1.98. The summed E-state index contributed by atoms with van der Waals surface area (Å²) in [5.41, 5.74) is 1.13. The summed E-state index contributed by atoms with van der Waals surface area (Å²) in [5.74, 6) is 0. The van der Waals surface area contributed by atoms with Crippen LogP contribution in [0.3, 0.4) is 0 Å². The highest BCUT2D eigenvalue weighted by Gasteiger charge is 2.01. The standard InChI is InChI=1S/C8H9BrN4S2/c1-5-11-6(4-14-5)2-3-10-8-13-12-7(9)15-8/h4H,2-3H2,1H3,(H,10,13). The molecule has 0 aliphatic carbocycles. The number of aryl methyl sites for hydroxylation is 1. The highest BCUT2D eigenvalue weighted by molar-refractivity contribution is 9.11. The van der Waals surface area contributed by atoms with Gasteiger partial charge in [-0.1, -0.05) is 11.3 Å². The predicted molar refractivity (Wildman–Crippen MR) is 66.7 cm³/mol. The van der Waals surface area contributed by atoms with Crippen LogP contribution in [0.4, 0.5) is 5.13 Å². The molecule has 0 bridgehead atoms. The second-order valence-electron chi connectivity index (χ2n) is 2.89. The fourth-order valence-corrected chi connectivity index (χ4v) is 2.78. The SMILES string of the molecule is Cc1nc(CCNc2nnc(Br)s2)cs1. The molecule has 2 heterocycles. The van der Waals surface area contributed by atoms with Crippen molar-refractivity contribution in [1.29, 1.82) is 0 Å². The van der Waals surface area contributed by atoms with E-state index >= 15 is 0 Å². The van der Waals surface area contributed by atoms with Gasteiger partial charge in [0.25, 0.3) is 0 Å². The highest BCUT2D eigenvalue weighted by Crippen LogP contribution is 2.19. The van der Waals surface area contributed by atoms with E-state index in [1.165, 1.54) is 11.3 Å². The van der Waals surface area contributed by atoms with Crippen LogP contribution in [-0.2, 0) is 6.42 Å². The summed E-state index contributed by atoms with van der Waals surface area (Å²) in [6.45, 7) is 2.86. The lowest BCUT2D eigenvalue weighted by atomic mass is 10.3. The Morgan fingerprint density at radius 1 is 1.47 bits per heavy atom. The van der Waals surface area contributed by atoms with Gasteiger partial charge in [-0.2, -0.15) is 0 Å². The van der Waals surface area contributed by atoms with Crippen LogP contribution in [0.25, 0.3) is 0 Å². The topological polar surface area (TPSA) is 50.7 Å². The van der Waals surface area contributed by atoms with Crippen molar-refractivity contribution in [2.24, 2.45) is 0 Å². The zero-order valence-electron chi connectivity index (χ0n) is 8.03. The van der Waals surface area contributed by atoms with E-state index in [2.05, 4.69) is 41.8 Å². The molecule has 7 heteroatoms. The van der Waals surface area contributed by atoms with Crippen molar-refractivity contribution in [3.05, 3.63) is 20.0 Å². The van der Waals surface area contributed by atoms with Gasteiger partial charge in [-0.25, -0.2) is 4.98 Å². The molecule has 2 rings (SSSR count). The summed E-state index contributed by atoms with van der Waals surface area (Å²) < 4.78 is 0.800. The summed E-state index contributed by atoms with van der Waals surface area (Å²) in [6, 6.07) is 0. The van der Waals surface area contributed by atoms with E-state index in [4.69, 9.17) is 0 Å². The lowest BCUT2D eigenvalue weighted by molar-refractivity contribution is 0.954. The third kappa shape index (κ3) is 3.22. The number of nitrogens with one attached hydrogen (secondary N) is 1. The van der Waals surface area contributed by atoms with Gasteiger partial charge in [0, 0.05) is 18.3 Å². The number of aromatic nitrogens is 3. The average molecular weight is 305 g/mol. The molecule has 0 fully saturated rings. The molecule has 1 N–H and O–H groups in total. The normalized spacial score (nSPS) is 10.5. The first-order chi connectivity index (χ1) is 7.24. The quantitative estimate of drug-likeness (QED) is 0.943. The molecule has 2 aromatic rings. The molecular formula is C8H9BrN4S2. The Labute approximate surface area is 104 Å². The van der Waals surface area contributed by atoms with Crippen LogP contribution in [0.5, 0.6) is 0 Å². The van der Waals surface area contributed by atoms with E-state index in [1.54, 1.807) is 11.3 Å². The summed E-state index contributed by atoms with van der Waals surface area (Å²) >= 11 is 6.44. The molecule has 0 spiro atoms. The summed E-state index contributed by atoms with van der Waals surface area (Å²) in [6.07, 6.45) is 0.918. The molecule has 2 aromatic heterocycles. The molecule has 0 saturated carbocycles. The fraction of sp³-hybridized carbons (Fsp3) is 0.375. The van der Waals surface area contributed by atoms with E-state index in [0.29, 0.717) is 0 Å². The van der Waals surface area contributed by atoms with Gasteiger partial charge in [-0.3, -0.25) is 0 Å². The Balaban J connectivity index is 1.80. The van der Waals surface area contributed by atoms with Crippen LogP contribution in [0, 0.1) is 6.92 Å². The van der Waals surface area contributed by atoms with E-state index in [-0.39, 0.29) is 0 Å². The van der Waals surface area contributed by atoms with Crippen molar-refractivity contribution >= 4 is 43.7 Å². The number of thiazole rings is 1. The fourth-order valence-electron chi connectivity index (χ4n) is 1.10. The van der Waals surface area contributed by atoms with Gasteiger partial charge in [-0.15, -0.1) is 21.5 Å². The smallest absolute Gasteiger partial charge is 0.206 e. The summed E-state index contributed by atoms with van der Waals surface area (Å²) in [7, 11) is 0. The van der Waals surface area contributed by atoms with Crippen molar-refractivity contribution < 1.29 is 0 Å². The molecule has 0 radical (unpaired) electrons. The predicted octanol–water partition coefficient (Wildman–Crippen LogP) is 2.72. The maximum atomic E-state index is 4.38. The van der Waals surface area contributed by atoms with E-state index in [9.17, 15) is 0 Å². The Kier molecular flexibility index (Phi) is 3.66. The minimum atomic E-state index is 0.800. The molecule has 0 amide bonds. The summed E-state index contributed by atoms with van der Waals surface area (Å²) in [4.78, 5) is 4.38. The van der Waals surface area contributed by atoms with Crippen molar-refractivity contribution in [2.45, 2.75) is 13.3 Å². The van der Waals surface area contributed by atoms with Gasteiger partial charge < -0.3 is 5.32 Å². The molecular weight excluding hydrogens is 296 g/mol. The first-order valence-corrected chi connectivity index (χ1v) is 6.87. The first kappa shape index (κ1) is 11.0. The molecule has 0 aromatic carbocycles. The van der Waals surface area contributed by atoms with Crippen molar-refractivity contribution in [3.63, 3.8) is 0 Å². The second-order valence-corrected chi connectivity index (χ2v) is 6.21. The Morgan fingerprint density at radius 2 is 2.33 bits per heavy atom. The van der Waals surface area contributed by atoms with E-state index in [1.807, 2.05) is 6.92 Å². The van der Waals surface area contributed by atoms with Crippen molar-refractivity contribution in [1.82, 2.24) is 15.2 Å². The molecule has 0 atom stereocenters. The summed E-state index contributed by atoms with van der Waals surface area (Å²) in [5, 5.41) is 15.0. The number of hydrogen-bond donors (Lipinski definition) is 1. The Hall–Kier alpha value is -0.530. The minimum Gasteiger partial charge on any atom is -0.360 e. The second kappa shape index (κ2) is 5.00. The van der Waals surface area contributed by atoms with Gasteiger partial charge in [0.1, 0.15) is 0 Å². The van der Waals surface area contributed by atoms with Crippen LogP contribution >= 0.6 is 38.6 Å². The molecule has 80 valence electrons. The number of nitrogens with zero attached hydrogens (tertiary/aromatic N) is 3. The van der Waals surface area contributed by atoms with Gasteiger partial charge in [-0.05, 0) is 22.9 Å². The zero-order valence-corrected chi connectivity index (χ0v) is 11.2. The lowest BCUT2D eigenvalue weighted by Crippen LogP contribution is -2.04. The molecule has 0 aliphatic rings. The minimum absolute atomic E-state index is 0.800. The zero-order chi connectivity index (χ0) is 10.7. The number of halogens is 1. The van der Waals surface area contributed by atoms with Crippen LogP contribution in [-0.4, -0.2) is 21.7 Å². The largest absolute Gasteiger partial charge is 0.360 e. The Bertz CT molecular complexity index is 399. The van der Waals surface area contributed by atoms with Crippen molar-refractivity contribution in [2.75, 3.05) is 11.9 Å². The van der Waals surface area contributed by atoms with Crippen LogP contribution in [0.15, 0.2) is 9.30 Å². The van der Waals surface area contributed by atoms with E-state index in [0.717, 1.165) is 32.7 Å². The number of anilines is 1. The van der Waals surface area contributed by atoms with Crippen LogP contribution in [0.1, 0.15) is 10.7 Å². The number of hydrogen-bond acceptors (Lipinski definition) is 6. The van der Waals surface area contributed by atoms with E-state index < -0.39 is 0 Å². The van der Waals surface area contributed by atoms with Crippen LogP contribution in [0.2, 0.25) is 0 Å². The highest BCUT2D eigenvalue weighted by atomic mass is 79.9. The van der Waals surface area contributed by atoms with Crippen LogP contribution < -0.4 is 5.32 Å². The van der Waals surface area contributed by atoms with Gasteiger partial charge in [0.05, 0.1) is 10.7 Å². The molecule has 0 saturated heterocycles. The van der Waals surface area contributed by atoms with Crippen molar-refractivity contribution in [3.8, 4) is 0 Å². The van der Waals surface area contributed by atoms with Gasteiger partial charge in [0.15, 0.2) is 3.92 Å². The third-order valence-corrected chi connectivity index (χ3v) is 3.86. The molecule has 0 aliphatic heterocycles. The maximum absolute atomic E-state index is 4.38. The molecule has 15 heavy (non-hydrogen) atoms. The van der Waals surface area contributed by atoms with Gasteiger partial charge in [0.2, 0.25) is 5.13 Å². The monoisotopic (exact) mass is 304 g/mol. The first-order valence-electron chi connectivity index (χ1n) is 4.38. The number of rotatable bonds is 4. The average Bonchev–Trinajstić information content (AvgIpc) is 2.76.